The number of aromatic nitrogens is 6. The molecular formula is C20H21N11O6S4. The Morgan fingerprint density at radius 2 is 2.20 bits per heavy atom. The fourth-order valence-electron chi connectivity index (χ4n) is 3.86. The molecule has 216 valence electrons. The van der Waals surface area contributed by atoms with Crippen LogP contribution in [0.25, 0.3) is 0 Å². The number of tetrazole rings is 1. The van der Waals surface area contributed by atoms with E-state index in [1.165, 1.54) is 56.0 Å². The van der Waals surface area contributed by atoms with E-state index in [0.29, 0.717) is 10.3 Å². The molecule has 0 spiro atoms. The van der Waals surface area contributed by atoms with E-state index in [1.54, 1.807) is 12.4 Å². The molecule has 0 aliphatic carbocycles. The first-order valence-corrected chi connectivity index (χ1v) is 15.4. The second-order valence-corrected chi connectivity index (χ2v) is 12.6. The zero-order chi connectivity index (χ0) is 29.1. The van der Waals surface area contributed by atoms with Crippen molar-refractivity contribution in [3.05, 3.63) is 22.7 Å². The number of carbonyl (C=O) groups is 4. The van der Waals surface area contributed by atoms with Gasteiger partial charge in [-0.3, -0.25) is 24.5 Å². The first kappa shape index (κ1) is 28.7. The summed E-state index contributed by atoms with van der Waals surface area (Å²) in [6, 6.07) is -0.927. The van der Waals surface area contributed by atoms with Gasteiger partial charge in [-0.2, -0.15) is 0 Å². The minimum atomic E-state index is -1.24. The molecule has 0 saturated carbocycles. The number of thiazole rings is 2. The number of anilines is 2. The molecule has 0 bridgehead atoms. The van der Waals surface area contributed by atoms with Crippen LogP contribution in [0.1, 0.15) is 5.69 Å². The van der Waals surface area contributed by atoms with Crippen LogP contribution >= 0.6 is 46.2 Å². The van der Waals surface area contributed by atoms with Crippen molar-refractivity contribution in [2.45, 2.75) is 16.6 Å². The lowest BCUT2D eigenvalue weighted by atomic mass is 9.89. The quantitative estimate of drug-likeness (QED) is 0.0882. The number of oxime groups is 1. The number of nitrogens with zero attached hydrogens (tertiary/aromatic N) is 8. The van der Waals surface area contributed by atoms with E-state index in [4.69, 9.17) is 10.6 Å². The van der Waals surface area contributed by atoms with Crippen LogP contribution in [0, 0.1) is 5.41 Å². The van der Waals surface area contributed by atoms with Crippen LogP contribution in [0.15, 0.2) is 27.3 Å². The fraction of sp³-hybridized carbons (Fsp3) is 0.400. The molecule has 21 heteroatoms. The average Bonchev–Trinajstić information content (AvgIpc) is 3.71. The number of rotatable bonds is 11. The highest BCUT2D eigenvalue weighted by Crippen LogP contribution is 2.44. The number of aliphatic carboxylic acids is 1. The molecule has 3 aromatic heterocycles. The molecule has 3 aromatic rings. The van der Waals surface area contributed by atoms with Gasteiger partial charge in [0.2, 0.25) is 11.1 Å². The van der Waals surface area contributed by atoms with Crippen LogP contribution in [0.2, 0.25) is 0 Å². The molecule has 5 rings (SSSR count). The van der Waals surface area contributed by atoms with Crippen molar-refractivity contribution in [2.75, 3.05) is 35.7 Å². The van der Waals surface area contributed by atoms with Crippen molar-refractivity contribution in [3.63, 3.8) is 0 Å². The second kappa shape index (κ2) is 12.0. The van der Waals surface area contributed by atoms with E-state index in [9.17, 15) is 24.3 Å². The zero-order valence-corrected chi connectivity index (χ0v) is 24.3. The lowest BCUT2D eigenvalue weighted by molar-refractivity contribution is -0.157. The summed E-state index contributed by atoms with van der Waals surface area (Å²) in [7, 11) is 1.65. The number of carbonyl (C=O) groups excluding carboxylic acids is 3. The number of amides is 3. The normalized spacial score (nSPS) is 22.0. The van der Waals surface area contributed by atoms with E-state index in [0.717, 1.165) is 11.3 Å². The Morgan fingerprint density at radius 3 is 2.85 bits per heavy atom. The molecular weight excluding hydrogens is 619 g/mol. The van der Waals surface area contributed by atoms with Gasteiger partial charge in [0.25, 0.3) is 11.8 Å². The number of nitrogens with one attached hydrogen (secondary N) is 2. The van der Waals surface area contributed by atoms with Gasteiger partial charge in [-0.1, -0.05) is 16.9 Å². The van der Waals surface area contributed by atoms with Crippen molar-refractivity contribution < 1.29 is 29.1 Å². The summed E-state index contributed by atoms with van der Waals surface area (Å²) < 4.78 is 1.44. The molecule has 0 aromatic carbocycles. The number of carboxylic acid groups (broad SMARTS) is 1. The second-order valence-electron chi connectivity index (χ2n) is 8.75. The monoisotopic (exact) mass is 639 g/mol. The summed E-state index contributed by atoms with van der Waals surface area (Å²) in [5, 5.41) is 33.9. The Kier molecular flexibility index (Phi) is 8.37. The van der Waals surface area contributed by atoms with Gasteiger partial charge >= 0.3 is 5.97 Å². The Bertz CT molecular complexity index is 1490. The minimum Gasteiger partial charge on any atom is -0.481 e. The Morgan fingerprint density at radius 1 is 1.37 bits per heavy atom. The fourth-order valence-corrected chi connectivity index (χ4v) is 7.66. The molecule has 2 fully saturated rings. The maximum absolute atomic E-state index is 13.2. The molecule has 41 heavy (non-hydrogen) atoms. The Balaban J connectivity index is 1.23. The summed E-state index contributed by atoms with van der Waals surface area (Å²) in [5.41, 5.74) is 4.30. The lowest BCUT2D eigenvalue weighted by Crippen LogP contribution is -2.74. The first-order valence-electron chi connectivity index (χ1n) is 11.6. The summed E-state index contributed by atoms with van der Waals surface area (Å²) in [6.07, 6.45) is 1.53. The third kappa shape index (κ3) is 6.11. The number of nitrogens with two attached hydrogens (primary N) is 1. The number of nitrogen functional groups attached to an aromatic ring is 1. The predicted octanol–water partition coefficient (Wildman–Crippen LogP) is -0.672. The van der Waals surface area contributed by atoms with Crippen LogP contribution in [-0.4, -0.2) is 106 Å². The topological polar surface area (TPSA) is 233 Å². The predicted molar refractivity (Wildman–Crippen MR) is 149 cm³/mol. The summed E-state index contributed by atoms with van der Waals surface area (Å²) >= 11 is 4.74. The lowest BCUT2D eigenvalue weighted by Gasteiger charge is -2.53. The SMILES string of the molecule is Cn1nnnc1SCC1(C(=O)O)CS[C@@H]2C(NC(=O)C(=NOCC(=O)Nc3nccs3)c3csc(N)n3)C(=O)N2C1. The Labute approximate surface area is 247 Å². The molecule has 2 unspecified atom stereocenters. The van der Waals surface area contributed by atoms with Crippen molar-refractivity contribution >= 4 is 85.9 Å². The van der Waals surface area contributed by atoms with Crippen LogP contribution in [0.3, 0.4) is 0 Å². The number of aryl methyl sites for hydroxylation is 1. The largest absolute Gasteiger partial charge is 0.481 e. The third-order valence-corrected chi connectivity index (χ3v) is 10.2. The molecule has 5 heterocycles. The van der Waals surface area contributed by atoms with E-state index in [1.807, 2.05) is 0 Å². The van der Waals surface area contributed by atoms with Crippen LogP contribution in [-0.2, 0) is 31.1 Å². The number of hydrogen-bond acceptors (Lipinski definition) is 16. The highest BCUT2D eigenvalue weighted by atomic mass is 32.2. The highest BCUT2D eigenvalue weighted by molar-refractivity contribution is 8.00. The number of carboxylic acids is 1. The summed E-state index contributed by atoms with van der Waals surface area (Å²) in [6.45, 7) is -0.547. The molecule has 3 amide bonds. The zero-order valence-electron chi connectivity index (χ0n) is 21.0. The van der Waals surface area contributed by atoms with Gasteiger partial charge in [-0.25, -0.2) is 14.6 Å². The van der Waals surface area contributed by atoms with Gasteiger partial charge in [0.1, 0.15) is 22.5 Å². The van der Waals surface area contributed by atoms with Crippen molar-refractivity contribution in [1.29, 1.82) is 0 Å². The summed E-state index contributed by atoms with van der Waals surface area (Å²) in [4.78, 5) is 65.2. The molecule has 17 nitrogen and oxygen atoms in total. The third-order valence-electron chi connectivity index (χ3n) is 5.95. The van der Waals surface area contributed by atoms with Gasteiger partial charge < -0.3 is 25.9 Å². The molecule has 2 saturated heterocycles. The van der Waals surface area contributed by atoms with Crippen LogP contribution < -0.4 is 16.4 Å². The first-order chi connectivity index (χ1) is 19.7. The van der Waals surface area contributed by atoms with Gasteiger partial charge in [-0.15, -0.1) is 39.5 Å². The van der Waals surface area contributed by atoms with E-state index in [-0.39, 0.29) is 34.6 Å². The van der Waals surface area contributed by atoms with E-state index < -0.39 is 47.1 Å². The molecule has 3 atom stereocenters. The maximum Gasteiger partial charge on any atom is 0.313 e. The van der Waals surface area contributed by atoms with Crippen molar-refractivity contribution in [1.82, 2.24) is 40.4 Å². The van der Waals surface area contributed by atoms with E-state index in [2.05, 4.69) is 41.3 Å². The number of fused-ring (bicyclic) bond motifs is 1. The van der Waals surface area contributed by atoms with E-state index >= 15 is 0 Å². The van der Waals surface area contributed by atoms with Crippen molar-refractivity contribution in [3.8, 4) is 0 Å². The Hall–Kier alpha value is -3.82. The van der Waals surface area contributed by atoms with Crippen LogP contribution in [0.4, 0.5) is 10.3 Å². The molecule has 2 aliphatic heterocycles. The number of β-lactam (4-membered cyclic amide) rings is 1. The van der Waals surface area contributed by atoms with Gasteiger partial charge in [0, 0.05) is 42.1 Å². The maximum atomic E-state index is 13.2. The van der Waals surface area contributed by atoms with Gasteiger partial charge in [0.05, 0.1) is 0 Å². The molecule has 2 aliphatic rings. The molecule has 5 N–H and O–H groups in total. The minimum absolute atomic E-state index is 0.0373. The van der Waals surface area contributed by atoms with Gasteiger partial charge in [0.15, 0.2) is 22.6 Å². The summed E-state index contributed by atoms with van der Waals surface area (Å²) in [5.74, 6) is -2.45. The number of hydrogen-bond donors (Lipinski definition) is 4. The highest BCUT2D eigenvalue weighted by Gasteiger charge is 2.57. The standard InChI is InChI=1S/C20H21N11O6S4/c1-30-19(26-28-29-30)41-8-20(16(35)36)6-31-14(34)12(15(31)40-7-20)25-13(33)11(9-5-39-17(21)23-9)27-37-4-10(32)24-18-22-2-3-38-18/h2-3,5,12,15H,4,6-8H2,1H3,(H2,21,23)(H,25,33)(H,35,36)(H,22,24,32)/t12?,15-,20?/m1/s1. The smallest absolute Gasteiger partial charge is 0.313 e. The van der Waals surface area contributed by atoms with Gasteiger partial charge in [-0.05, 0) is 10.4 Å². The average molecular weight is 640 g/mol. The van der Waals surface area contributed by atoms with Crippen molar-refractivity contribution in [2.24, 2.45) is 17.6 Å². The number of thioether (sulfide) groups is 2. The van der Waals surface area contributed by atoms with Crippen LogP contribution in [0.5, 0.6) is 0 Å². The molecule has 0 radical (unpaired) electrons.